The van der Waals surface area contributed by atoms with Crippen LogP contribution < -0.4 is 0 Å². The molecule has 2 heterocycles. The Morgan fingerprint density at radius 1 is 1.50 bits per heavy atom. The highest BCUT2D eigenvalue weighted by molar-refractivity contribution is 5.90. The summed E-state index contributed by atoms with van der Waals surface area (Å²) >= 11 is 0. The van der Waals surface area contributed by atoms with Crippen LogP contribution in [0.3, 0.4) is 0 Å². The summed E-state index contributed by atoms with van der Waals surface area (Å²) in [5, 5.41) is 9.45. The standard InChI is InChI=1S/C15H16O5/c1-7-5-14-10(8(7)2)3-9(13(17)18)11(14)4-12(16)20-15(14)6-19-15/h3,5,8,10-11H,4,6H2,1-2H3,(H,17,18)/t8?,10?,11-,14+,15+/m0/s1. The molecule has 0 radical (unpaired) electrons. The zero-order valence-corrected chi connectivity index (χ0v) is 11.4. The molecule has 5 heteroatoms. The maximum atomic E-state index is 11.8. The number of epoxide rings is 1. The average molecular weight is 276 g/mol. The van der Waals surface area contributed by atoms with E-state index in [1.807, 2.05) is 6.08 Å². The fraction of sp³-hybridized carbons (Fsp3) is 0.600. The van der Waals surface area contributed by atoms with E-state index >= 15 is 0 Å². The van der Waals surface area contributed by atoms with Crippen molar-refractivity contribution in [2.24, 2.45) is 23.2 Å². The number of hydrogen-bond donors (Lipinski definition) is 1. The van der Waals surface area contributed by atoms with Gasteiger partial charge in [0, 0.05) is 11.5 Å². The van der Waals surface area contributed by atoms with Gasteiger partial charge in [-0.25, -0.2) is 4.79 Å². The Balaban J connectivity index is 1.91. The predicted octanol–water partition coefficient (Wildman–Crippen LogP) is 1.50. The van der Waals surface area contributed by atoms with E-state index in [4.69, 9.17) is 9.47 Å². The van der Waals surface area contributed by atoms with E-state index in [0.29, 0.717) is 12.2 Å². The Hall–Kier alpha value is -1.62. The minimum absolute atomic E-state index is 0.0363. The first-order chi connectivity index (χ1) is 9.41. The predicted molar refractivity (Wildman–Crippen MR) is 67.4 cm³/mol. The van der Waals surface area contributed by atoms with Gasteiger partial charge in [0.15, 0.2) is 0 Å². The molecule has 5 nitrogen and oxygen atoms in total. The van der Waals surface area contributed by atoms with Crippen molar-refractivity contribution in [2.45, 2.75) is 26.1 Å². The number of carbonyl (C=O) groups excluding carboxylic acids is 1. The van der Waals surface area contributed by atoms with E-state index in [-0.39, 0.29) is 30.1 Å². The lowest BCUT2D eigenvalue weighted by atomic mass is 9.64. The molecule has 1 N–H and O–H groups in total. The van der Waals surface area contributed by atoms with Crippen molar-refractivity contribution in [2.75, 3.05) is 6.61 Å². The third-order valence-corrected chi connectivity index (χ3v) is 5.55. The second-order valence-corrected chi connectivity index (χ2v) is 6.34. The van der Waals surface area contributed by atoms with Gasteiger partial charge >= 0.3 is 11.9 Å². The van der Waals surface area contributed by atoms with Crippen LogP contribution >= 0.6 is 0 Å². The maximum absolute atomic E-state index is 11.8. The maximum Gasteiger partial charge on any atom is 0.331 e. The Labute approximate surface area is 116 Å². The van der Waals surface area contributed by atoms with Gasteiger partial charge in [0.1, 0.15) is 6.61 Å². The molecule has 5 atom stereocenters. The van der Waals surface area contributed by atoms with E-state index < -0.39 is 17.2 Å². The highest BCUT2D eigenvalue weighted by Gasteiger charge is 2.76. The number of carboxylic acid groups (broad SMARTS) is 1. The van der Waals surface area contributed by atoms with Gasteiger partial charge in [-0.2, -0.15) is 0 Å². The SMILES string of the molecule is CC1=C[C@@]23C(C=C(C(=O)O)[C@@H]2CC(=O)O[C@]32CO2)C1C. The molecule has 0 aromatic rings. The van der Waals surface area contributed by atoms with Crippen LogP contribution in [0.25, 0.3) is 0 Å². The number of aliphatic carboxylic acids is 1. The average Bonchev–Trinajstić information content (AvgIpc) is 2.98. The van der Waals surface area contributed by atoms with Crippen LogP contribution in [-0.4, -0.2) is 29.4 Å². The van der Waals surface area contributed by atoms with Crippen molar-refractivity contribution in [3.63, 3.8) is 0 Å². The van der Waals surface area contributed by atoms with Gasteiger partial charge in [-0.05, 0) is 18.8 Å². The summed E-state index contributed by atoms with van der Waals surface area (Å²) in [5.41, 5.74) is 1.05. The van der Waals surface area contributed by atoms with Gasteiger partial charge < -0.3 is 14.6 Å². The third kappa shape index (κ3) is 1.14. The van der Waals surface area contributed by atoms with E-state index in [1.165, 1.54) is 5.57 Å². The molecule has 0 amide bonds. The lowest BCUT2D eigenvalue weighted by Crippen LogP contribution is -2.52. The van der Waals surface area contributed by atoms with Crippen LogP contribution in [0.15, 0.2) is 23.3 Å². The minimum Gasteiger partial charge on any atom is -0.478 e. The van der Waals surface area contributed by atoms with Crippen LogP contribution in [0.1, 0.15) is 20.3 Å². The second-order valence-electron chi connectivity index (χ2n) is 6.34. The minimum atomic E-state index is -0.937. The fourth-order valence-corrected chi connectivity index (χ4v) is 4.47. The fourth-order valence-electron chi connectivity index (χ4n) is 4.47. The van der Waals surface area contributed by atoms with E-state index in [9.17, 15) is 14.7 Å². The summed E-state index contributed by atoms with van der Waals surface area (Å²) in [6.07, 6.45) is 4.06. The van der Waals surface area contributed by atoms with Crippen molar-refractivity contribution < 1.29 is 24.2 Å². The molecule has 2 aliphatic carbocycles. The van der Waals surface area contributed by atoms with Gasteiger partial charge in [0.2, 0.25) is 5.79 Å². The van der Waals surface area contributed by atoms with Crippen molar-refractivity contribution in [1.29, 1.82) is 0 Å². The van der Waals surface area contributed by atoms with Crippen molar-refractivity contribution in [3.8, 4) is 0 Å². The summed E-state index contributed by atoms with van der Waals surface area (Å²) < 4.78 is 11.0. The smallest absolute Gasteiger partial charge is 0.331 e. The summed E-state index contributed by atoms with van der Waals surface area (Å²) in [6, 6.07) is 0. The number of esters is 1. The monoisotopic (exact) mass is 276 g/mol. The molecule has 0 aromatic carbocycles. The van der Waals surface area contributed by atoms with E-state index in [0.717, 1.165) is 0 Å². The Morgan fingerprint density at radius 2 is 2.20 bits per heavy atom. The lowest BCUT2D eigenvalue weighted by Gasteiger charge is -2.43. The summed E-state index contributed by atoms with van der Waals surface area (Å²) in [5.74, 6) is -2.30. The quantitative estimate of drug-likeness (QED) is 0.446. The van der Waals surface area contributed by atoms with Crippen LogP contribution in [0, 0.1) is 23.2 Å². The van der Waals surface area contributed by atoms with Crippen LogP contribution in [0.5, 0.6) is 0 Å². The topological polar surface area (TPSA) is 76.1 Å². The van der Waals surface area contributed by atoms with Crippen LogP contribution in [-0.2, 0) is 19.1 Å². The zero-order chi connectivity index (χ0) is 14.3. The molecule has 2 fully saturated rings. The molecule has 0 aromatic heterocycles. The molecular weight excluding hydrogens is 260 g/mol. The first kappa shape index (κ1) is 12.1. The Bertz CT molecular complexity index is 597. The molecular formula is C15H16O5. The van der Waals surface area contributed by atoms with Gasteiger partial charge in [0.05, 0.1) is 11.8 Å². The normalized spacial score (nSPS) is 48.3. The summed E-state index contributed by atoms with van der Waals surface area (Å²) in [6.45, 7) is 4.51. The molecule has 2 spiro atoms. The van der Waals surface area contributed by atoms with E-state index in [1.54, 1.807) is 0 Å². The Morgan fingerprint density at radius 3 is 2.80 bits per heavy atom. The van der Waals surface area contributed by atoms with Gasteiger partial charge in [-0.1, -0.05) is 24.6 Å². The number of ether oxygens (including phenoxy) is 2. The highest BCUT2D eigenvalue weighted by atomic mass is 16.8. The van der Waals surface area contributed by atoms with Gasteiger partial charge in [0.25, 0.3) is 0 Å². The largest absolute Gasteiger partial charge is 0.478 e. The van der Waals surface area contributed by atoms with E-state index in [2.05, 4.69) is 19.9 Å². The van der Waals surface area contributed by atoms with Gasteiger partial charge in [-0.3, -0.25) is 4.79 Å². The number of hydrogen-bond acceptors (Lipinski definition) is 4. The Kier molecular flexibility index (Phi) is 2.03. The molecule has 20 heavy (non-hydrogen) atoms. The molecule has 2 saturated heterocycles. The lowest BCUT2D eigenvalue weighted by molar-refractivity contribution is -0.195. The summed E-state index contributed by atoms with van der Waals surface area (Å²) in [4.78, 5) is 23.4. The molecule has 0 bridgehead atoms. The molecule has 4 aliphatic rings. The van der Waals surface area contributed by atoms with Crippen molar-refractivity contribution >= 4 is 11.9 Å². The van der Waals surface area contributed by atoms with Crippen molar-refractivity contribution in [1.82, 2.24) is 0 Å². The molecule has 0 saturated carbocycles. The third-order valence-electron chi connectivity index (χ3n) is 5.55. The van der Waals surface area contributed by atoms with Crippen LogP contribution in [0.2, 0.25) is 0 Å². The van der Waals surface area contributed by atoms with Gasteiger partial charge in [-0.15, -0.1) is 0 Å². The molecule has 2 unspecified atom stereocenters. The zero-order valence-electron chi connectivity index (χ0n) is 11.4. The first-order valence-electron chi connectivity index (χ1n) is 6.91. The second kappa shape index (κ2) is 3.34. The van der Waals surface area contributed by atoms with Crippen molar-refractivity contribution in [3.05, 3.63) is 23.3 Å². The molecule has 4 rings (SSSR count). The van der Waals surface area contributed by atoms with Crippen LogP contribution in [0.4, 0.5) is 0 Å². The molecule has 106 valence electrons. The number of carbonyl (C=O) groups is 2. The number of carboxylic acids is 1. The highest BCUT2D eigenvalue weighted by Crippen LogP contribution is 2.69. The first-order valence-corrected chi connectivity index (χ1v) is 6.91. The molecule has 2 aliphatic heterocycles. The number of allylic oxidation sites excluding steroid dienone is 2. The summed E-state index contributed by atoms with van der Waals surface area (Å²) in [7, 11) is 0. The number of rotatable bonds is 1.